The van der Waals surface area contributed by atoms with Crippen LogP contribution in [0.5, 0.6) is 0 Å². The first-order chi connectivity index (χ1) is 8.31. The van der Waals surface area contributed by atoms with Crippen LogP contribution >= 0.6 is 0 Å². The number of H-pyrrole nitrogens is 1. The molecular formula is C13H16N4. The Bertz CT molecular complexity index is 568. The van der Waals surface area contributed by atoms with Gasteiger partial charge in [0.05, 0.1) is 11.9 Å². The van der Waals surface area contributed by atoms with Gasteiger partial charge in [-0.15, -0.1) is 0 Å². The Labute approximate surface area is 100 Å². The smallest absolute Gasteiger partial charge is 0.197 e. The van der Waals surface area contributed by atoms with Gasteiger partial charge in [0.25, 0.3) is 0 Å². The van der Waals surface area contributed by atoms with Crippen molar-refractivity contribution in [2.45, 2.75) is 39.0 Å². The van der Waals surface area contributed by atoms with Crippen LogP contribution in [0.15, 0.2) is 17.8 Å². The number of fused-ring (bicyclic) bond motifs is 1. The van der Waals surface area contributed by atoms with Crippen molar-refractivity contribution in [3.05, 3.63) is 29.4 Å². The number of aromatic nitrogens is 4. The summed E-state index contributed by atoms with van der Waals surface area (Å²) in [6.07, 6.45) is 10.1. The molecule has 4 heteroatoms. The lowest BCUT2D eigenvalue weighted by Crippen LogP contribution is -1.97. The molecular weight excluding hydrogens is 212 g/mol. The first-order valence-electron chi connectivity index (χ1n) is 6.17. The van der Waals surface area contributed by atoms with Gasteiger partial charge in [0.15, 0.2) is 11.3 Å². The van der Waals surface area contributed by atoms with Gasteiger partial charge in [0, 0.05) is 0 Å². The van der Waals surface area contributed by atoms with Crippen molar-refractivity contribution in [3.8, 4) is 0 Å². The minimum atomic E-state index is 0.716. The van der Waals surface area contributed by atoms with Crippen LogP contribution in [-0.4, -0.2) is 19.9 Å². The van der Waals surface area contributed by atoms with Crippen molar-refractivity contribution < 1.29 is 0 Å². The molecule has 88 valence electrons. The fourth-order valence-electron chi connectivity index (χ4n) is 2.14. The molecule has 0 unspecified atom stereocenters. The standard InChI is InChI=1S/C13H16N4/c1-9-15-12-13(16-9)17-11(8-14-12)7-3-6-10-4-2-5-10/h4,8H,2-3,5-7H2,1H3,(H,14,15,16,17). The maximum atomic E-state index is 4.54. The van der Waals surface area contributed by atoms with E-state index in [1.54, 1.807) is 5.57 Å². The molecule has 3 rings (SSSR count). The maximum absolute atomic E-state index is 4.54. The second-order valence-electron chi connectivity index (χ2n) is 4.61. The molecule has 0 saturated heterocycles. The Morgan fingerprint density at radius 1 is 1.29 bits per heavy atom. The van der Waals surface area contributed by atoms with Crippen LogP contribution in [0.2, 0.25) is 0 Å². The van der Waals surface area contributed by atoms with Crippen LogP contribution in [0.3, 0.4) is 0 Å². The molecule has 0 fully saturated rings. The predicted octanol–water partition coefficient (Wildman–Crippen LogP) is 2.70. The Balaban J connectivity index is 1.67. The molecule has 0 radical (unpaired) electrons. The highest BCUT2D eigenvalue weighted by atomic mass is 15.0. The van der Waals surface area contributed by atoms with Crippen molar-refractivity contribution >= 4 is 11.3 Å². The van der Waals surface area contributed by atoms with Crippen molar-refractivity contribution in [1.29, 1.82) is 0 Å². The number of aromatic amines is 1. The third-order valence-electron chi connectivity index (χ3n) is 3.21. The van der Waals surface area contributed by atoms with Crippen LogP contribution in [0.1, 0.15) is 37.2 Å². The van der Waals surface area contributed by atoms with Gasteiger partial charge in [0.1, 0.15) is 5.82 Å². The van der Waals surface area contributed by atoms with Gasteiger partial charge in [-0.25, -0.2) is 15.0 Å². The quantitative estimate of drug-likeness (QED) is 0.818. The highest BCUT2D eigenvalue weighted by molar-refractivity contribution is 5.64. The van der Waals surface area contributed by atoms with E-state index in [0.29, 0.717) is 5.65 Å². The number of hydrogen-bond acceptors (Lipinski definition) is 3. The largest absolute Gasteiger partial charge is 0.325 e. The molecule has 0 saturated carbocycles. The lowest BCUT2D eigenvalue weighted by atomic mass is 9.94. The molecule has 0 spiro atoms. The Kier molecular flexibility index (Phi) is 2.63. The molecule has 2 aromatic heterocycles. The molecule has 0 aromatic carbocycles. The van der Waals surface area contributed by atoms with Crippen molar-refractivity contribution in [2.75, 3.05) is 0 Å². The van der Waals surface area contributed by atoms with Gasteiger partial charge in [0.2, 0.25) is 0 Å². The second kappa shape index (κ2) is 4.28. The van der Waals surface area contributed by atoms with E-state index < -0.39 is 0 Å². The fourth-order valence-corrected chi connectivity index (χ4v) is 2.14. The molecule has 2 aromatic rings. The summed E-state index contributed by atoms with van der Waals surface area (Å²) < 4.78 is 0. The fraction of sp³-hybridized carbons (Fsp3) is 0.462. The van der Waals surface area contributed by atoms with E-state index in [-0.39, 0.29) is 0 Å². The van der Waals surface area contributed by atoms with E-state index in [4.69, 9.17) is 0 Å². The summed E-state index contributed by atoms with van der Waals surface area (Å²) >= 11 is 0. The Morgan fingerprint density at radius 2 is 2.18 bits per heavy atom. The minimum Gasteiger partial charge on any atom is -0.325 e. The lowest BCUT2D eigenvalue weighted by molar-refractivity contribution is 0.718. The van der Waals surface area contributed by atoms with E-state index in [1.807, 2.05) is 13.1 Å². The normalized spacial score (nSPS) is 14.8. The number of imidazole rings is 1. The zero-order chi connectivity index (χ0) is 11.7. The first kappa shape index (κ1) is 10.4. The van der Waals surface area contributed by atoms with Crippen LogP contribution in [0.4, 0.5) is 0 Å². The molecule has 1 N–H and O–H groups in total. The number of hydrogen-bond donors (Lipinski definition) is 1. The van der Waals surface area contributed by atoms with E-state index in [9.17, 15) is 0 Å². The average molecular weight is 228 g/mol. The minimum absolute atomic E-state index is 0.716. The van der Waals surface area contributed by atoms with E-state index in [0.717, 1.165) is 23.6 Å². The highest BCUT2D eigenvalue weighted by Gasteiger charge is 2.07. The van der Waals surface area contributed by atoms with E-state index in [2.05, 4.69) is 26.0 Å². The number of allylic oxidation sites excluding steroid dienone is 2. The SMILES string of the molecule is Cc1nc2ncc(CCCC3=CCC3)nc2[nH]1. The van der Waals surface area contributed by atoms with Gasteiger partial charge < -0.3 is 4.98 Å². The van der Waals surface area contributed by atoms with Crippen molar-refractivity contribution in [3.63, 3.8) is 0 Å². The van der Waals surface area contributed by atoms with E-state index >= 15 is 0 Å². The topological polar surface area (TPSA) is 54.5 Å². The van der Waals surface area contributed by atoms with Gasteiger partial charge in [-0.1, -0.05) is 11.6 Å². The summed E-state index contributed by atoms with van der Waals surface area (Å²) in [5.41, 5.74) is 4.19. The number of nitrogens with zero attached hydrogens (tertiary/aromatic N) is 3. The molecule has 17 heavy (non-hydrogen) atoms. The number of aryl methyl sites for hydroxylation is 2. The van der Waals surface area contributed by atoms with Gasteiger partial charge in [-0.05, 0) is 39.0 Å². The summed E-state index contributed by atoms with van der Waals surface area (Å²) in [5, 5.41) is 0. The van der Waals surface area contributed by atoms with E-state index in [1.165, 1.54) is 25.7 Å². The summed E-state index contributed by atoms with van der Waals surface area (Å²) in [6, 6.07) is 0. The summed E-state index contributed by atoms with van der Waals surface area (Å²) in [6.45, 7) is 1.92. The van der Waals surface area contributed by atoms with Gasteiger partial charge in [-0.3, -0.25) is 0 Å². The molecule has 0 atom stereocenters. The van der Waals surface area contributed by atoms with Crippen LogP contribution < -0.4 is 0 Å². The predicted molar refractivity (Wildman–Crippen MR) is 66.7 cm³/mol. The van der Waals surface area contributed by atoms with Gasteiger partial charge in [-0.2, -0.15) is 0 Å². The molecule has 2 heterocycles. The van der Waals surface area contributed by atoms with Crippen LogP contribution in [0, 0.1) is 6.92 Å². The number of rotatable bonds is 4. The third kappa shape index (κ3) is 2.20. The zero-order valence-electron chi connectivity index (χ0n) is 10.0. The molecule has 4 nitrogen and oxygen atoms in total. The molecule has 0 aliphatic heterocycles. The molecule has 0 bridgehead atoms. The lowest BCUT2D eigenvalue weighted by Gasteiger charge is -2.13. The third-order valence-corrected chi connectivity index (χ3v) is 3.21. The maximum Gasteiger partial charge on any atom is 0.197 e. The van der Waals surface area contributed by atoms with Crippen molar-refractivity contribution in [2.24, 2.45) is 0 Å². The Hall–Kier alpha value is -1.71. The highest BCUT2D eigenvalue weighted by Crippen LogP contribution is 2.23. The summed E-state index contributed by atoms with van der Waals surface area (Å²) in [5.74, 6) is 0.872. The van der Waals surface area contributed by atoms with Crippen LogP contribution in [0.25, 0.3) is 11.3 Å². The second-order valence-corrected chi connectivity index (χ2v) is 4.61. The van der Waals surface area contributed by atoms with Crippen molar-refractivity contribution in [1.82, 2.24) is 19.9 Å². The van der Waals surface area contributed by atoms with Gasteiger partial charge >= 0.3 is 0 Å². The van der Waals surface area contributed by atoms with Crippen LogP contribution in [-0.2, 0) is 6.42 Å². The summed E-state index contributed by atoms with van der Waals surface area (Å²) in [7, 11) is 0. The molecule has 1 aliphatic carbocycles. The average Bonchev–Trinajstić information content (AvgIpc) is 2.61. The molecule has 1 aliphatic rings. The monoisotopic (exact) mass is 228 g/mol. The number of nitrogens with one attached hydrogen (secondary N) is 1. The summed E-state index contributed by atoms with van der Waals surface area (Å²) in [4.78, 5) is 16.2. The first-order valence-corrected chi connectivity index (χ1v) is 6.17. The zero-order valence-corrected chi connectivity index (χ0v) is 10.0. The molecule has 0 amide bonds. The Morgan fingerprint density at radius 3 is 2.94 bits per heavy atom.